The van der Waals surface area contributed by atoms with Crippen LogP contribution < -0.4 is 0 Å². The van der Waals surface area contributed by atoms with Gasteiger partial charge >= 0.3 is 47.8 Å². The van der Waals surface area contributed by atoms with E-state index in [9.17, 15) is 38.4 Å². The van der Waals surface area contributed by atoms with Crippen molar-refractivity contribution >= 4 is 142 Å². The van der Waals surface area contributed by atoms with E-state index in [0.717, 1.165) is 126 Å². The zero-order valence-corrected chi connectivity index (χ0v) is 104. The molecule has 0 aromatic carbocycles. The van der Waals surface area contributed by atoms with Gasteiger partial charge in [0.15, 0.2) is 0 Å². The van der Waals surface area contributed by atoms with E-state index in [4.69, 9.17) is 37.9 Å². The smallest absolute Gasteiger partial charge is 0.309 e. The molecule has 0 radical (unpaired) electrons. The number of carbonyl (C=O) groups is 8. The second kappa shape index (κ2) is 81.1. The summed E-state index contributed by atoms with van der Waals surface area (Å²) in [6.07, 6.45) is 31.2. The number of nitrogens with zero attached hydrogens (tertiary/aromatic N) is 3. The molecule has 16 atom stereocenters. The lowest BCUT2D eigenvalue weighted by atomic mass is 9.79. The molecule has 19 nitrogen and oxygen atoms in total. The summed E-state index contributed by atoms with van der Waals surface area (Å²) in [6.45, 7) is 59.1. The van der Waals surface area contributed by atoms with Crippen LogP contribution in [0, 0.1) is 118 Å². The molecule has 0 aromatic rings. The summed E-state index contributed by atoms with van der Waals surface area (Å²) in [5, 5.41) is 4.15. The number of esters is 8. The molecule has 0 heterocycles. The maximum Gasteiger partial charge on any atom is 0.309 e. The molecule has 0 bridgehead atoms. The SMILES string of the molecule is CC(C)CCSC(CCC1CCC(C(=O)OCCOC(=O)CCN(CCCN(C)CCCN(CCC(=O)OCCOC(=O)C2CCC(CCC(SCCC(C)C)C(C)C)C(SCCC(C)C)C2)CCC(=O)OCCOC(=O)C2CCC(CCC(SCCC(C)C)C(C)C)C(SCCC(C)C)C2)CCC(=O)OCCOC(=O)C2CCC(CCC(SCCC(C)C)C(C)C)C(SCCC(C)C)C2)CC1SCCC(C)C)C(C)C. The molecule has 146 heavy (non-hydrogen) atoms. The van der Waals surface area contributed by atoms with Crippen LogP contribution in [-0.2, 0) is 76.3 Å². The maximum atomic E-state index is 13.8. The number of thioether (sulfide) groups is 8. The van der Waals surface area contributed by atoms with Gasteiger partial charge in [0.1, 0.15) is 52.9 Å². The summed E-state index contributed by atoms with van der Waals surface area (Å²) in [5.74, 6) is 15.9. The molecule has 4 saturated carbocycles. The molecule has 0 saturated heterocycles. The number of hydrogen-bond donors (Lipinski definition) is 0. The molecule has 0 aromatic heterocycles. The fraction of sp³-hybridized carbons (Fsp3) is 0.933. The van der Waals surface area contributed by atoms with Crippen molar-refractivity contribution in [3.05, 3.63) is 0 Å². The van der Waals surface area contributed by atoms with Gasteiger partial charge in [0.2, 0.25) is 0 Å². The summed E-state index contributed by atoms with van der Waals surface area (Å²) >= 11 is 16.8. The Morgan fingerprint density at radius 1 is 0.240 bits per heavy atom. The van der Waals surface area contributed by atoms with Crippen LogP contribution in [0.15, 0.2) is 0 Å². The van der Waals surface area contributed by atoms with E-state index in [2.05, 4.69) is 282 Å². The van der Waals surface area contributed by atoms with E-state index in [1.807, 2.05) is 0 Å². The molecule has 4 fully saturated rings. The Hall–Kier alpha value is -1.56. The van der Waals surface area contributed by atoms with E-state index in [0.29, 0.717) is 202 Å². The van der Waals surface area contributed by atoms with Gasteiger partial charge in [0.25, 0.3) is 0 Å². The van der Waals surface area contributed by atoms with Crippen LogP contribution in [0.1, 0.15) is 384 Å². The molecule has 0 spiro atoms. The third-order valence-electron chi connectivity index (χ3n) is 30.4. The minimum absolute atomic E-state index is 0.0148. The van der Waals surface area contributed by atoms with Crippen molar-refractivity contribution in [1.29, 1.82) is 0 Å². The molecular formula is C119H219N3O16S8. The Morgan fingerprint density at radius 3 is 0.623 bits per heavy atom. The zero-order valence-electron chi connectivity index (χ0n) is 97.3. The van der Waals surface area contributed by atoms with Crippen LogP contribution in [0.3, 0.4) is 0 Å². The first-order valence-corrected chi connectivity index (χ1v) is 67.3. The molecule has 4 rings (SSSR count). The van der Waals surface area contributed by atoms with Gasteiger partial charge in [0, 0.05) is 68.2 Å². The molecule has 0 amide bonds. The Morgan fingerprint density at radius 2 is 0.432 bits per heavy atom. The molecular weight excluding hydrogens is 1980 g/mol. The minimum Gasteiger partial charge on any atom is -0.462 e. The number of hydrogen-bond acceptors (Lipinski definition) is 27. The van der Waals surface area contributed by atoms with E-state index in [1.54, 1.807) is 0 Å². The fourth-order valence-electron chi connectivity index (χ4n) is 20.2. The van der Waals surface area contributed by atoms with Crippen molar-refractivity contribution in [2.45, 2.75) is 426 Å². The van der Waals surface area contributed by atoms with E-state index in [-0.39, 0.29) is 126 Å². The van der Waals surface area contributed by atoms with Gasteiger partial charge in [0.05, 0.1) is 49.4 Å². The Labute approximate surface area is 928 Å². The normalized spacial score (nSPS) is 21.6. The Balaban J connectivity index is 1.44. The van der Waals surface area contributed by atoms with Crippen LogP contribution in [0.25, 0.3) is 0 Å². The highest BCUT2D eigenvalue weighted by Crippen LogP contribution is 2.47. The quantitative estimate of drug-likeness (QED) is 0.0314. The van der Waals surface area contributed by atoms with E-state index >= 15 is 0 Å². The monoisotopic (exact) mass is 2200 g/mol. The summed E-state index contributed by atoms with van der Waals surface area (Å²) in [5.41, 5.74) is 0. The lowest BCUT2D eigenvalue weighted by Gasteiger charge is -2.36. The minimum atomic E-state index is -0.420. The van der Waals surface area contributed by atoms with Crippen molar-refractivity contribution in [3.63, 3.8) is 0 Å². The third kappa shape index (κ3) is 64.3. The lowest BCUT2D eigenvalue weighted by Crippen LogP contribution is -2.35. The number of ether oxygens (including phenoxy) is 8. The van der Waals surface area contributed by atoms with Crippen molar-refractivity contribution in [2.24, 2.45) is 118 Å². The van der Waals surface area contributed by atoms with Gasteiger partial charge in [-0.15, -0.1) is 0 Å². The molecule has 0 N–H and O–H groups in total. The maximum absolute atomic E-state index is 13.8. The average Bonchev–Trinajstić information content (AvgIpc) is 0.852. The van der Waals surface area contributed by atoms with Gasteiger partial charge in [-0.2, -0.15) is 94.1 Å². The third-order valence-corrected chi connectivity index (χ3v) is 43.1. The van der Waals surface area contributed by atoms with Crippen LogP contribution in [0.4, 0.5) is 0 Å². The number of carbonyl (C=O) groups excluding carboxylic acids is 8. The topological polar surface area (TPSA) is 220 Å². The van der Waals surface area contributed by atoms with Crippen molar-refractivity contribution in [2.75, 3.05) is 158 Å². The van der Waals surface area contributed by atoms with Crippen molar-refractivity contribution < 1.29 is 76.3 Å². The standard InChI is InChI=1S/C119H219N3O16S8/c1-84(2)48-72-139-104(92(17)18)40-36-96-28-32-100(80-108(96)143-76-52-88(9)10)116(127)135-68-64-131-112(123)44-60-121(61-45-113(124)132-65-69-136-117(128)101-33-29-97(109(81-101)144-77-53-89(11)12)37-41-105(93(19)20)140-73-49-85(3)4)58-26-56-120(25)57-27-59-122(62-46-114(125)133-66-70-137-118(129)102-34-30-98(110(82-102)145-78-54-90(13)14)38-42-106(94(21)22)141-74-50-86(5)6)63-47-115(126)134-67-71-138-119(130)103-35-31-99(111(83-103)146-79-55-91(15)16)39-43-107(95(23)24)142-75-51-87(7)8/h84-111H,26-83H2,1-25H3. The summed E-state index contributed by atoms with van der Waals surface area (Å²) < 4.78 is 46.6. The molecule has 4 aliphatic carbocycles. The fourth-order valence-corrected chi connectivity index (χ4v) is 33.9. The second-order valence-electron chi connectivity index (χ2n) is 48.3. The van der Waals surface area contributed by atoms with E-state index < -0.39 is 23.9 Å². The summed E-state index contributed by atoms with van der Waals surface area (Å²) in [6, 6.07) is 0. The Bertz CT molecular complexity index is 2990. The first-order chi connectivity index (χ1) is 69.5. The first-order valence-electron chi connectivity index (χ1n) is 58.9. The van der Waals surface area contributed by atoms with Crippen LogP contribution >= 0.6 is 94.1 Å². The highest BCUT2D eigenvalue weighted by molar-refractivity contribution is 8.01. The second-order valence-corrected chi connectivity index (χ2v) is 59.1. The highest BCUT2D eigenvalue weighted by atomic mass is 32.2. The molecule has 4 aliphatic rings. The lowest BCUT2D eigenvalue weighted by molar-refractivity contribution is -0.156. The van der Waals surface area contributed by atoms with Gasteiger partial charge in [-0.25, -0.2) is 0 Å². The highest BCUT2D eigenvalue weighted by Gasteiger charge is 2.41. The van der Waals surface area contributed by atoms with Crippen LogP contribution in [-0.4, -0.2) is 263 Å². The molecule has 16 unspecified atom stereocenters. The van der Waals surface area contributed by atoms with Crippen molar-refractivity contribution in [1.82, 2.24) is 14.7 Å². The van der Waals surface area contributed by atoms with Gasteiger partial charge in [-0.3, -0.25) is 38.4 Å². The zero-order chi connectivity index (χ0) is 108. The van der Waals surface area contributed by atoms with E-state index in [1.165, 1.54) is 100 Å². The molecule has 0 aliphatic heterocycles. The average molecular weight is 2200 g/mol. The van der Waals surface area contributed by atoms with Gasteiger partial charge in [-0.05, 0) is 367 Å². The predicted molar refractivity (Wildman–Crippen MR) is 631 cm³/mol. The largest absolute Gasteiger partial charge is 0.462 e. The molecule has 27 heteroatoms. The summed E-state index contributed by atoms with van der Waals surface area (Å²) in [4.78, 5) is 116. The predicted octanol–water partition coefficient (Wildman–Crippen LogP) is 28.8. The number of rotatable bonds is 84. The van der Waals surface area contributed by atoms with Crippen LogP contribution in [0.2, 0.25) is 0 Å². The van der Waals surface area contributed by atoms with Crippen molar-refractivity contribution in [3.8, 4) is 0 Å². The van der Waals surface area contributed by atoms with Gasteiger partial charge in [-0.1, -0.05) is 166 Å². The van der Waals surface area contributed by atoms with Gasteiger partial charge < -0.3 is 52.6 Å². The van der Waals surface area contributed by atoms with Crippen LogP contribution in [0.5, 0.6) is 0 Å². The first kappa shape index (κ1) is 137. The Kier molecular flexibility index (Phi) is 75.9. The molecule has 854 valence electrons. The summed E-state index contributed by atoms with van der Waals surface area (Å²) in [7, 11) is 2.06.